The first-order chi connectivity index (χ1) is 13.2. The van der Waals surface area contributed by atoms with Crippen molar-refractivity contribution in [2.24, 2.45) is 0 Å². The summed E-state index contributed by atoms with van der Waals surface area (Å²) in [6.45, 7) is 3.83. The summed E-state index contributed by atoms with van der Waals surface area (Å²) in [6, 6.07) is 7.94. The number of carbonyl (C=O) groups excluding carboxylic acids is 1. The molecule has 2 amide bonds. The number of nitrogens with one attached hydrogen (secondary N) is 1. The van der Waals surface area contributed by atoms with Crippen molar-refractivity contribution in [1.29, 1.82) is 0 Å². The Bertz CT molecular complexity index is 762. The molecular formula is C20H26N4O3. The Morgan fingerprint density at radius 3 is 2.63 bits per heavy atom. The highest BCUT2D eigenvalue weighted by atomic mass is 16.5. The van der Waals surface area contributed by atoms with Crippen molar-refractivity contribution >= 4 is 11.7 Å². The number of likely N-dealkylation sites (tertiary alicyclic amines) is 1. The fraction of sp³-hybridized carbons (Fsp3) is 0.550. The van der Waals surface area contributed by atoms with E-state index in [1.165, 1.54) is 5.56 Å². The molecule has 1 aliphatic carbocycles. The number of aryl methyl sites for hydroxylation is 1. The van der Waals surface area contributed by atoms with E-state index in [0.29, 0.717) is 31.5 Å². The van der Waals surface area contributed by atoms with Gasteiger partial charge in [-0.25, -0.2) is 4.79 Å². The molecular weight excluding hydrogens is 344 g/mol. The van der Waals surface area contributed by atoms with Gasteiger partial charge in [-0.3, -0.25) is 0 Å². The molecule has 2 heterocycles. The molecule has 2 fully saturated rings. The van der Waals surface area contributed by atoms with Gasteiger partial charge in [-0.1, -0.05) is 24.2 Å². The van der Waals surface area contributed by atoms with Crippen LogP contribution in [0.15, 0.2) is 28.8 Å². The lowest BCUT2D eigenvalue weighted by Crippen LogP contribution is -2.43. The molecule has 1 aromatic carbocycles. The normalized spacial score (nSPS) is 17.9. The van der Waals surface area contributed by atoms with Crippen LogP contribution in [0.2, 0.25) is 0 Å². The summed E-state index contributed by atoms with van der Waals surface area (Å²) in [7, 11) is 0. The third-order valence-corrected chi connectivity index (χ3v) is 5.21. The quantitative estimate of drug-likeness (QED) is 0.838. The second-order valence-electron chi connectivity index (χ2n) is 7.30. The third kappa shape index (κ3) is 4.66. The van der Waals surface area contributed by atoms with Crippen molar-refractivity contribution in [1.82, 2.24) is 15.0 Å². The van der Waals surface area contributed by atoms with Gasteiger partial charge in [-0.05, 0) is 49.8 Å². The van der Waals surface area contributed by atoms with Crippen LogP contribution in [0.1, 0.15) is 55.8 Å². The molecule has 4 rings (SSSR count). The predicted molar refractivity (Wildman–Crippen MR) is 100 cm³/mol. The lowest BCUT2D eigenvalue weighted by atomic mass is 10.1. The highest BCUT2D eigenvalue weighted by Gasteiger charge is 2.29. The van der Waals surface area contributed by atoms with Crippen molar-refractivity contribution in [2.45, 2.75) is 57.7 Å². The van der Waals surface area contributed by atoms with Gasteiger partial charge in [0, 0.05) is 24.7 Å². The zero-order valence-corrected chi connectivity index (χ0v) is 15.7. The molecule has 1 N–H and O–H groups in total. The molecule has 0 atom stereocenters. The van der Waals surface area contributed by atoms with Crippen molar-refractivity contribution in [3.8, 4) is 0 Å². The molecule has 2 aromatic rings. The summed E-state index contributed by atoms with van der Waals surface area (Å²) in [5.41, 5.74) is 2.09. The lowest BCUT2D eigenvalue weighted by molar-refractivity contribution is -0.00532. The van der Waals surface area contributed by atoms with E-state index in [4.69, 9.17) is 9.26 Å². The monoisotopic (exact) mass is 370 g/mol. The number of rotatable bonds is 6. The van der Waals surface area contributed by atoms with Crippen molar-refractivity contribution in [3.05, 3.63) is 41.5 Å². The van der Waals surface area contributed by atoms with E-state index in [0.717, 1.165) is 43.6 Å². The summed E-state index contributed by atoms with van der Waals surface area (Å²) < 4.78 is 11.1. The van der Waals surface area contributed by atoms with Gasteiger partial charge in [0.15, 0.2) is 5.82 Å². The number of ether oxygens (including phenoxy) is 1. The number of anilines is 1. The van der Waals surface area contributed by atoms with Crippen LogP contribution >= 0.6 is 0 Å². The van der Waals surface area contributed by atoms with Gasteiger partial charge >= 0.3 is 6.03 Å². The first-order valence-corrected chi connectivity index (χ1v) is 9.80. The zero-order chi connectivity index (χ0) is 18.6. The summed E-state index contributed by atoms with van der Waals surface area (Å²) in [5, 5.41) is 6.97. The minimum atomic E-state index is -0.0522. The molecule has 27 heavy (non-hydrogen) atoms. The standard InChI is InChI=1S/C20H26N4O3/c1-2-14-3-7-16(8-4-14)21-20(25)24-11-9-17(10-12-24)26-13-18-22-19(23-27-18)15-5-6-15/h3-4,7-8,15,17H,2,5-6,9-13H2,1H3,(H,21,25). The van der Waals surface area contributed by atoms with Crippen molar-refractivity contribution in [3.63, 3.8) is 0 Å². The average molecular weight is 370 g/mol. The highest BCUT2D eigenvalue weighted by Crippen LogP contribution is 2.38. The van der Waals surface area contributed by atoms with E-state index < -0.39 is 0 Å². The molecule has 0 bridgehead atoms. The first kappa shape index (κ1) is 18.0. The largest absolute Gasteiger partial charge is 0.368 e. The number of urea groups is 1. The lowest BCUT2D eigenvalue weighted by Gasteiger charge is -2.31. The Morgan fingerprint density at radius 1 is 1.22 bits per heavy atom. The number of piperidine rings is 1. The maximum absolute atomic E-state index is 12.4. The maximum Gasteiger partial charge on any atom is 0.321 e. The van der Waals surface area contributed by atoms with E-state index in [1.54, 1.807) is 0 Å². The minimum Gasteiger partial charge on any atom is -0.368 e. The maximum atomic E-state index is 12.4. The van der Waals surface area contributed by atoms with E-state index in [-0.39, 0.29) is 12.1 Å². The topological polar surface area (TPSA) is 80.5 Å². The van der Waals surface area contributed by atoms with Crippen LogP contribution in [-0.2, 0) is 17.8 Å². The van der Waals surface area contributed by atoms with E-state index >= 15 is 0 Å². The average Bonchev–Trinajstić information content (AvgIpc) is 3.45. The van der Waals surface area contributed by atoms with Gasteiger partial charge in [-0.2, -0.15) is 4.98 Å². The molecule has 144 valence electrons. The molecule has 1 saturated heterocycles. The summed E-state index contributed by atoms with van der Waals surface area (Å²) in [4.78, 5) is 18.6. The summed E-state index contributed by atoms with van der Waals surface area (Å²) >= 11 is 0. The van der Waals surface area contributed by atoms with Crippen molar-refractivity contribution < 1.29 is 14.1 Å². The number of nitrogens with zero attached hydrogens (tertiary/aromatic N) is 3. The van der Waals surface area contributed by atoms with Crippen LogP contribution < -0.4 is 5.32 Å². The Labute approximate surface area is 159 Å². The minimum absolute atomic E-state index is 0.0522. The molecule has 7 heteroatoms. The van der Waals surface area contributed by atoms with Gasteiger partial charge in [0.25, 0.3) is 5.89 Å². The molecule has 0 spiro atoms. The Kier molecular flexibility index (Phi) is 5.38. The van der Waals surface area contributed by atoms with Gasteiger partial charge in [0.1, 0.15) is 6.61 Å². The van der Waals surface area contributed by atoms with E-state index in [9.17, 15) is 4.79 Å². The summed E-state index contributed by atoms with van der Waals surface area (Å²) in [6.07, 6.45) is 5.05. The molecule has 1 aliphatic heterocycles. The van der Waals surface area contributed by atoms with Gasteiger partial charge in [-0.15, -0.1) is 0 Å². The van der Waals surface area contributed by atoms with Crippen LogP contribution in [-0.4, -0.2) is 40.3 Å². The number of hydrogen-bond acceptors (Lipinski definition) is 5. The zero-order valence-electron chi connectivity index (χ0n) is 15.7. The number of amides is 2. The number of benzene rings is 1. The van der Waals surface area contributed by atoms with Crippen LogP contribution in [0.5, 0.6) is 0 Å². The molecule has 0 unspecified atom stereocenters. The summed E-state index contributed by atoms with van der Waals surface area (Å²) in [5.74, 6) is 1.85. The van der Waals surface area contributed by atoms with Gasteiger partial charge in [0.05, 0.1) is 6.10 Å². The molecule has 1 saturated carbocycles. The Morgan fingerprint density at radius 2 is 1.96 bits per heavy atom. The number of carbonyl (C=O) groups is 1. The van der Waals surface area contributed by atoms with Gasteiger partial charge < -0.3 is 19.5 Å². The SMILES string of the molecule is CCc1ccc(NC(=O)N2CCC(OCc3nc(C4CC4)no3)CC2)cc1. The number of aromatic nitrogens is 2. The molecule has 7 nitrogen and oxygen atoms in total. The smallest absolute Gasteiger partial charge is 0.321 e. The Balaban J connectivity index is 1.20. The fourth-order valence-electron chi connectivity index (χ4n) is 3.28. The second kappa shape index (κ2) is 8.08. The fourth-order valence-corrected chi connectivity index (χ4v) is 3.28. The first-order valence-electron chi connectivity index (χ1n) is 9.80. The highest BCUT2D eigenvalue weighted by molar-refractivity contribution is 5.89. The predicted octanol–water partition coefficient (Wildman–Crippen LogP) is 3.72. The van der Waals surface area contributed by atoms with E-state index in [1.807, 2.05) is 29.2 Å². The number of hydrogen-bond donors (Lipinski definition) is 1. The van der Waals surface area contributed by atoms with E-state index in [2.05, 4.69) is 22.4 Å². The van der Waals surface area contributed by atoms with Gasteiger partial charge in [0.2, 0.25) is 0 Å². The second-order valence-corrected chi connectivity index (χ2v) is 7.30. The van der Waals surface area contributed by atoms with Crippen LogP contribution in [0.4, 0.5) is 10.5 Å². The Hall–Kier alpha value is -2.41. The van der Waals surface area contributed by atoms with Crippen LogP contribution in [0.3, 0.4) is 0 Å². The van der Waals surface area contributed by atoms with Crippen LogP contribution in [0, 0.1) is 0 Å². The molecule has 1 aromatic heterocycles. The molecule has 0 radical (unpaired) electrons. The third-order valence-electron chi connectivity index (χ3n) is 5.21. The van der Waals surface area contributed by atoms with Crippen LogP contribution in [0.25, 0.3) is 0 Å². The molecule has 2 aliphatic rings. The van der Waals surface area contributed by atoms with Crippen molar-refractivity contribution in [2.75, 3.05) is 18.4 Å².